The van der Waals surface area contributed by atoms with E-state index in [1.165, 1.54) is 12.8 Å². The summed E-state index contributed by atoms with van der Waals surface area (Å²) in [6, 6.07) is 3.46. The molecule has 0 aliphatic heterocycles. The summed E-state index contributed by atoms with van der Waals surface area (Å²) in [5.74, 6) is 0. The van der Waals surface area contributed by atoms with Crippen LogP contribution in [0.25, 0.3) is 0 Å². The standard InChI is InChI=1S/C14H18Br3NO2S/c1-10-6-12(17)13(7-11(10)16)21(19,20)18-9-14(8-15)4-2-3-5-14/h6-7,18H,2-5,8-9H2,1H3. The Bertz CT molecular complexity index is 625. The van der Waals surface area contributed by atoms with Gasteiger partial charge in [-0.3, -0.25) is 0 Å². The van der Waals surface area contributed by atoms with E-state index in [-0.39, 0.29) is 10.3 Å². The van der Waals surface area contributed by atoms with Gasteiger partial charge < -0.3 is 0 Å². The largest absolute Gasteiger partial charge is 0.241 e. The Balaban J connectivity index is 2.21. The molecule has 0 aromatic heterocycles. The van der Waals surface area contributed by atoms with E-state index in [2.05, 4.69) is 52.5 Å². The smallest absolute Gasteiger partial charge is 0.211 e. The zero-order valence-corrected chi connectivity index (χ0v) is 17.3. The molecule has 0 amide bonds. The molecule has 0 heterocycles. The van der Waals surface area contributed by atoms with E-state index in [0.717, 1.165) is 28.2 Å². The number of hydrogen-bond donors (Lipinski definition) is 1. The van der Waals surface area contributed by atoms with Crippen LogP contribution in [-0.2, 0) is 10.0 Å². The molecule has 2 rings (SSSR count). The van der Waals surface area contributed by atoms with Gasteiger partial charge in [0.25, 0.3) is 0 Å². The molecule has 0 atom stereocenters. The highest BCUT2D eigenvalue weighted by molar-refractivity contribution is 9.11. The lowest BCUT2D eigenvalue weighted by molar-refractivity contribution is 0.347. The first-order valence-corrected chi connectivity index (χ1v) is 11.0. The lowest BCUT2D eigenvalue weighted by Crippen LogP contribution is -2.37. The van der Waals surface area contributed by atoms with Crippen LogP contribution in [0.1, 0.15) is 31.2 Å². The van der Waals surface area contributed by atoms with Gasteiger partial charge in [-0.15, -0.1) is 0 Å². The van der Waals surface area contributed by atoms with Crippen molar-refractivity contribution in [3.63, 3.8) is 0 Å². The van der Waals surface area contributed by atoms with Crippen molar-refractivity contribution in [1.82, 2.24) is 4.72 Å². The van der Waals surface area contributed by atoms with Crippen molar-refractivity contribution in [2.45, 2.75) is 37.5 Å². The van der Waals surface area contributed by atoms with Crippen LogP contribution in [0, 0.1) is 12.3 Å². The minimum absolute atomic E-state index is 0.0570. The van der Waals surface area contributed by atoms with Crippen molar-refractivity contribution in [3.05, 3.63) is 26.6 Å². The predicted molar refractivity (Wildman–Crippen MR) is 96.5 cm³/mol. The molecule has 1 fully saturated rings. The Morgan fingerprint density at radius 3 is 2.38 bits per heavy atom. The zero-order valence-electron chi connectivity index (χ0n) is 11.8. The van der Waals surface area contributed by atoms with Gasteiger partial charge in [0.2, 0.25) is 10.0 Å². The van der Waals surface area contributed by atoms with Crippen LogP contribution in [0.4, 0.5) is 0 Å². The molecule has 7 heteroatoms. The van der Waals surface area contributed by atoms with Gasteiger partial charge in [-0.05, 0) is 58.8 Å². The summed E-state index contributed by atoms with van der Waals surface area (Å²) < 4.78 is 29.3. The number of alkyl halides is 1. The number of benzene rings is 1. The van der Waals surface area contributed by atoms with Crippen molar-refractivity contribution in [2.24, 2.45) is 5.41 Å². The van der Waals surface area contributed by atoms with Crippen LogP contribution in [0.5, 0.6) is 0 Å². The van der Waals surface area contributed by atoms with Crippen molar-refractivity contribution in [3.8, 4) is 0 Å². The fourth-order valence-electron chi connectivity index (χ4n) is 2.64. The summed E-state index contributed by atoms with van der Waals surface area (Å²) >= 11 is 10.3. The van der Waals surface area contributed by atoms with Crippen molar-refractivity contribution in [2.75, 3.05) is 11.9 Å². The zero-order chi connectivity index (χ0) is 15.7. The Morgan fingerprint density at radius 1 is 1.19 bits per heavy atom. The normalized spacial score (nSPS) is 18.1. The first kappa shape index (κ1) is 17.9. The Hall–Kier alpha value is 0.570. The average Bonchev–Trinajstić information content (AvgIpc) is 2.90. The second kappa shape index (κ2) is 6.99. The van der Waals surface area contributed by atoms with Crippen LogP contribution in [0.3, 0.4) is 0 Å². The molecule has 1 aliphatic rings. The first-order valence-electron chi connectivity index (χ1n) is 6.81. The number of aryl methyl sites for hydroxylation is 1. The predicted octanol–water partition coefficient (Wildman–Crippen LogP) is 4.75. The fourth-order valence-corrected chi connectivity index (χ4v) is 6.23. The molecule has 0 unspecified atom stereocenters. The topological polar surface area (TPSA) is 46.2 Å². The number of halogens is 3. The second-order valence-corrected chi connectivity index (χ2v) is 9.70. The lowest BCUT2D eigenvalue weighted by Gasteiger charge is -2.26. The molecule has 1 aliphatic carbocycles. The highest BCUT2D eigenvalue weighted by Crippen LogP contribution is 2.39. The Labute approximate surface area is 151 Å². The van der Waals surface area contributed by atoms with E-state index in [0.29, 0.717) is 11.0 Å². The molecule has 0 radical (unpaired) electrons. The van der Waals surface area contributed by atoms with Crippen LogP contribution in [-0.4, -0.2) is 20.3 Å². The fraction of sp³-hybridized carbons (Fsp3) is 0.571. The number of rotatable bonds is 5. The molecule has 0 spiro atoms. The quantitative estimate of drug-likeness (QED) is 0.589. The third-order valence-corrected chi connectivity index (χ3v) is 8.49. The minimum Gasteiger partial charge on any atom is -0.211 e. The van der Waals surface area contributed by atoms with E-state index in [9.17, 15) is 8.42 Å². The SMILES string of the molecule is Cc1cc(Br)c(S(=O)(=O)NCC2(CBr)CCCC2)cc1Br. The van der Waals surface area contributed by atoms with Gasteiger partial charge >= 0.3 is 0 Å². The number of sulfonamides is 1. The van der Waals surface area contributed by atoms with Crippen molar-refractivity contribution >= 4 is 57.8 Å². The molecular formula is C14H18Br3NO2S. The highest BCUT2D eigenvalue weighted by Gasteiger charge is 2.34. The van der Waals surface area contributed by atoms with Crippen LogP contribution < -0.4 is 4.72 Å². The third kappa shape index (κ3) is 4.10. The molecule has 0 saturated heterocycles. The summed E-state index contributed by atoms with van der Waals surface area (Å²) in [5, 5.41) is 0.835. The van der Waals surface area contributed by atoms with Gasteiger partial charge in [0, 0.05) is 20.8 Å². The maximum Gasteiger partial charge on any atom is 0.241 e. The van der Waals surface area contributed by atoms with E-state index in [1.807, 2.05) is 13.0 Å². The summed E-state index contributed by atoms with van der Waals surface area (Å²) in [6.07, 6.45) is 4.49. The summed E-state index contributed by atoms with van der Waals surface area (Å²) in [5.41, 5.74) is 1.05. The molecule has 0 bridgehead atoms. The highest BCUT2D eigenvalue weighted by atomic mass is 79.9. The summed E-state index contributed by atoms with van der Waals surface area (Å²) in [7, 11) is -3.51. The molecular weight excluding hydrogens is 486 g/mol. The van der Waals surface area contributed by atoms with E-state index in [1.54, 1.807) is 6.07 Å². The number of nitrogens with one attached hydrogen (secondary N) is 1. The van der Waals surface area contributed by atoms with Crippen molar-refractivity contribution in [1.29, 1.82) is 0 Å². The van der Waals surface area contributed by atoms with Gasteiger partial charge in [0.05, 0.1) is 4.90 Å². The first-order chi connectivity index (χ1) is 9.80. The maximum absolute atomic E-state index is 12.6. The molecule has 1 aromatic rings. The molecule has 21 heavy (non-hydrogen) atoms. The van der Waals surface area contributed by atoms with Gasteiger partial charge in [-0.1, -0.05) is 44.7 Å². The number of hydrogen-bond acceptors (Lipinski definition) is 2. The van der Waals surface area contributed by atoms with E-state index in [4.69, 9.17) is 0 Å². The van der Waals surface area contributed by atoms with Crippen LogP contribution >= 0.6 is 47.8 Å². The Morgan fingerprint density at radius 2 is 1.81 bits per heavy atom. The lowest BCUT2D eigenvalue weighted by atomic mass is 9.89. The summed E-state index contributed by atoms with van der Waals surface area (Å²) in [6.45, 7) is 2.41. The molecule has 1 aromatic carbocycles. The third-order valence-electron chi connectivity index (χ3n) is 4.09. The maximum atomic E-state index is 12.6. The van der Waals surface area contributed by atoms with Gasteiger partial charge in [-0.25, -0.2) is 13.1 Å². The van der Waals surface area contributed by atoms with E-state index < -0.39 is 10.0 Å². The summed E-state index contributed by atoms with van der Waals surface area (Å²) in [4.78, 5) is 0.280. The van der Waals surface area contributed by atoms with E-state index >= 15 is 0 Å². The van der Waals surface area contributed by atoms with Crippen molar-refractivity contribution < 1.29 is 8.42 Å². The molecule has 1 N–H and O–H groups in total. The molecule has 3 nitrogen and oxygen atoms in total. The second-order valence-electron chi connectivity index (χ2n) is 5.70. The molecule has 118 valence electrons. The van der Waals surface area contributed by atoms with Gasteiger partial charge in [0.15, 0.2) is 0 Å². The minimum atomic E-state index is -3.51. The van der Waals surface area contributed by atoms with Crippen LogP contribution in [0.2, 0.25) is 0 Å². The van der Waals surface area contributed by atoms with Gasteiger partial charge in [0.1, 0.15) is 0 Å². The average molecular weight is 504 g/mol. The van der Waals surface area contributed by atoms with Gasteiger partial charge in [-0.2, -0.15) is 0 Å². The van der Waals surface area contributed by atoms with Crippen LogP contribution in [0.15, 0.2) is 26.0 Å². The molecule has 1 saturated carbocycles. The monoisotopic (exact) mass is 501 g/mol. The Kier molecular flexibility index (Phi) is 5.96.